The Balaban J connectivity index is 1.64. The first-order valence-corrected chi connectivity index (χ1v) is 7.48. The third kappa shape index (κ3) is 2.87. The first-order valence-electron chi connectivity index (χ1n) is 7.48. The van der Waals surface area contributed by atoms with E-state index in [0.29, 0.717) is 6.04 Å². The summed E-state index contributed by atoms with van der Waals surface area (Å²) < 4.78 is 5.30. The molecule has 1 heterocycles. The Morgan fingerprint density at radius 1 is 1.10 bits per heavy atom. The molecule has 106 valence electrons. The highest BCUT2D eigenvalue weighted by atomic mass is 16.3. The number of benzene rings is 1. The molecule has 1 aromatic carbocycles. The highest BCUT2D eigenvalue weighted by molar-refractivity contribution is 5.60. The van der Waals surface area contributed by atoms with Gasteiger partial charge in [-0.05, 0) is 55.4 Å². The fourth-order valence-electron chi connectivity index (χ4n) is 3.00. The molecule has 1 saturated carbocycles. The molecule has 1 aliphatic rings. The summed E-state index contributed by atoms with van der Waals surface area (Å²) in [6, 6.07) is 9.02. The van der Waals surface area contributed by atoms with Crippen molar-refractivity contribution >= 4 is 5.69 Å². The van der Waals surface area contributed by atoms with E-state index < -0.39 is 0 Å². The number of rotatable bonds is 3. The van der Waals surface area contributed by atoms with Gasteiger partial charge in [-0.2, -0.15) is 0 Å². The Kier molecular flexibility index (Phi) is 3.77. The van der Waals surface area contributed by atoms with E-state index in [9.17, 15) is 0 Å². The lowest BCUT2D eigenvalue weighted by Gasteiger charge is -2.33. The number of nitrogens with zero attached hydrogens (tertiary/aromatic N) is 1. The second-order valence-corrected chi connectivity index (χ2v) is 6.05. The summed E-state index contributed by atoms with van der Waals surface area (Å²) in [5.41, 5.74) is 2.26. The summed E-state index contributed by atoms with van der Waals surface area (Å²) in [6.45, 7) is 4.73. The van der Waals surface area contributed by atoms with Gasteiger partial charge < -0.3 is 9.73 Å². The molecular formula is C17H22N2O. The normalized spacial score (nSPS) is 26.4. The molecule has 1 aromatic heterocycles. The molecule has 1 aliphatic carbocycles. The monoisotopic (exact) mass is 270 g/mol. The van der Waals surface area contributed by atoms with Crippen LogP contribution in [0.2, 0.25) is 0 Å². The standard InChI is InChI=1S/C17H22N2O/c1-12-3-6-16(9-13(12)2)19-15-7-4-14(5-8-15)17-10-18-11-20-17/h4-5,7-8,10-13,16,19H,3,6,9H2,1-2H3. The highest BCUT2D eigenvalue weighted by Gasteiger charge is 2.24. The van der Waals surface area contributed by atoms with E-state index in [1.807, 2.05) is 0 Å². The molecular weight excluding hydrogens is 248 g/mol. The zero-order valence-corrected chi connectivity index (χ0v) is 12.2. The Labute approximate surface area is 120 Å². The van der Waals surface area contributed by atoms with Crippen molar-refractivity contribution in [3.05, 3.63) is 36.9 Å². The zero-order chi connectivity index (χ0) is 13.9. The zero-order valence-electron chi connectivity index (χ0n) is 12.2. The van der Waals surface area contributed by atoms with Crippen LogP contribution in [0.4, 0.5) is 5.69 Å². The van der Waals surface area contributed by atoms with Crippen molar-refractivity contribution < 1.29 is 4.42 Å². The Hall–Kier alpha value is -1.77. The highest BCUT2D eigenvalue weighted by Crippen LogP contribution is 2.31. The van der Waals surface area contributed by atoms with Crippen molar-refractivity contribution in [2.45, 2.75) is 39.2 Å². The maximum Gasteiger partial charge on any atom is 0.181 e. The van der Waals surface area contributed by atoms with Gasteiger partial charge in [-0.3, -0.25) is 0 Å². The molecule has 0 radical (unpaired) electrons. The van der Waals surface area contributed by atoms with Gasteiger partial charge in [0.05, 0.1) is 6.20 Å². The average molecular weight is 270 g/mol. The third-order valence-corrected chi connectivity index (χ3v) is 4.57. The van der Waals surface area contributed by atoms with Crippen molar-refractivity contribution in [3.8, 4) is 11.3 Å². The van der Waals surface area contributed by atoms with Crippen LogP contribution in [0.15, 0.2) is 41.3 Å². The minimum atomic E-state index is 0.609. The van der Waals surface area contributed by atoms with E-state index in [1.54, 1.807) is 6.20 Å². The number of anilines is 1. The van der Waals surface area contributed by atoms with E-state index in [4.69, 9.17) is 4.42 Å². The topological polar surface area (TPSA) is 38.1 Å². The maximum absolute atomic E-state index is 5.30. The van der Waals surface area contributed by atoms with Crippen LogP contribution in [0.3, 0.4) is 0 Å². The van der Waals surface area contributed by atoms with Crippen LogP contribution in [-0.4, -0.2) is 11.0 Å². The Bertz CT molecular complexity index is 533. The summed E-state index contributed by atoms with van der Waals surface area (Å²) in [7, 11) is 0. The van der Waals surface area contributed by atoms with Gasteiger partial charge in [0.25, 0.3) is 0 Å². The van der Waals surface area contributed by atoms with Gasteiger partial charge in [0, 0.05) is 17.3 Å². The summed E-state index contributed by atoms with van der Waals surface area (Å²) in [5, 5.41) is 3.66. The van der Waals surface area contributed by atoms with Crippen LogP contribution >= 0.6 is 0 Å². The summed E-state index contributed by atoms with van der Waals surface area (Å²) in [5.74, 6) is 2.49. The summed E-state index contributed by atoms with van der Waals surface area (Å²) in [6.07, 6.45) is 7.08. The van der Waals surface area contributed by atoms with Gasteiger partial charge in [-0.15, -0.1) is 0 Å². The van der Waals surface area contributed by atoms with Crippen LogP contribution in [-0.2, 0) is 0 Å². The van der Waals surface area contributed by atoms with Crippen LogP contribution in [0.1, 0.15) is 33.1 Å². The van der Waals surface area contributed by atoms with E-state index in [1.165, 1.54) is 31.3 Å². The lowest BCUT2D eigenvalue weighted by Crippen LogP contribution is -2.30. The van der Waals surface area contributed by atoms with Crippen molar-refractivity contribution in [1.29, 1.82) is 0 Å². The first kappa shape index (κ1) is 13.2. The Morgan fingerprint density at radius 2 is 1.90 bits per heavy atom. The van der Waals surface area contributed by atoms with Gasteiger partial charge in [0.15, 0.2) is 12.2 Å². The number of hydrogen-bond acceptors (Lipinski definition) is 3. The molecule has 0 aliphatic heterocycles. The molecule has 3 heteroatoms. The van der Waals surface area contributed by atoms with Crippen LogP contribution in [0.5, 0.6) is 0 Å². The molecule has 3 nitrogen and oxygen atoms in total. The van der Waals surface area contributed by atoms with Gasteiger partial charge in [-0.25, -0.2) is 4.98 Å². The van der Waals surface area contributed by atoms with Gasteiger partial charge >= 0.3 is 0 Å². The molecule has 3 atom stereocenters. The molecule has 3 unspecified atom stereocenters. The van der Waals surface area contributed by atoms with Gasteiger partial charge in [-0.1, -0.05) is 13.8 Å². The van der Waals surface area contributed by atoms with Crippen molar-refractivity contribution in [2.75, 3.05) is 5.32 Å². The fraction of sp³-hybridized carbons (Fsp3) is 0.471. The largest absolute Gasteiger partial charge is 0.444 e. The SMILES string of the molecule is CC1CCC(Nc2ccc(-c3cnco3)cc2)CC1C. The molecule has 2 aromatic rings. The smallest absolute Gasteiger partial charge is 0.181 e. The van der Waals surface area contributed by atoms with Gasteiger partial charge in [0.1, 0.15) is 0 Å². The molecule has 1 N–H and O–H groups in total. The predicted octanol–water partition coefficient (Wildman–Crippen LogP) is 4.58. The first-order chi connectivity index (χ1) is 9.72. The third-order valence-electron chi connectivity index (χ3n) is 4.57. The van der Waals surface area contributed by atoms with E-state index in [-0.39, 0.29) is 0 Å². The summed E-state index contributed by atoms with van der Waals surface area (Å²) in [4.78, 5) is 3.95. The van der Waals surface area contributed by atoms with E-state index in [2.05, 4.69) is 48.4 Å². The lowest BCUT2D eigenvalue weighted by molar-refractivity contribution is 0.261. The maximum atomic E-state index is 5.30. The molecule has 0 spiro atoms. The van der Waals surface area contributed by atoms with Crippen LogP contribution in [0, 0.1) is 11.8 Å². The molecule has 0 amide bonds. The minimum absolute atomic E-state index is 0.609. The average Bonchev–Trinajstić information content (AvgIpc) is 2.98. The van der Waals surface area contributed by atoms with E-state index >= 15 is 0 Å². The van der Waals surface area contributed by atoms with E-state index in [0.717, 1.165) is 23.2 Å². The number of aromatic nitrogens is 1. The van der Waals surface area contributed by atoms with Crippen molar-refractivity contribution in [3.63, 3.8) is 0 Å². The van der Waals surface area contributed by atoms with Gasteiger partial charge in [0.2, 0.25) is 0 Å². The molecule has 0 saturated heterocycles. The second kappa shape index (κ2) is 5.70. The fourth-order valence-corrected chi connectivity index (χ4v) is 3.00. The molecule has 3 rings (SSSR count). The number of hydrogen-bond donors (Lipinski definition) is 1. The van der Waals surface area contributed by atoms with Crippen molar-refractivity contribution in [1.82, 2.24) is 4.98 Å². The van der Waals surface area contributed by atoms with Crippen LogP contribution in [0.25, 0.3) is 11.3 Å². The molecule has 0 bridgehead atoms. The predicted molar refractivity (Wildman–Crippen MR) is 81.5 cm³/mol. The summed E-state index contributed by atoms with van der Waals surface area (Å²) >= 11 is 0. The van der Waals surface area contributed by atoms with Crippen LogP contribution < -0.4 is 5.32 Å². The quantitative estimate of drug-likeness (QED) is 0.887. The minimum Gasteiger partial charge on any atom is -0.444 e. The molecule has 1 fully saturated rings. The Morgan fingerprint density at radius 3 is 2.55 bits per heavy atom. The van der Waals surface area contributed by atoms with Crippen molar-refractivity contribution in [2.24, 2.45) is 11.8 Å². The number of nitrogens with one attached hydrogen (secondary N) is 1. The lowest BCUT2D eigenvalue weighted by atomic mass is 9.79. The number of oxazole rings is 1. The molecule has 20 heavy (non-hydrogen) atoms. The second-order valence-electron chi connectivity index (χ2n) is 6.05.